The number of likely N-dealkylation sites (tertiary alicyclic amines) is 1. The number of halogens is 1. The Hall–Kier alpha value is -3.24. The molecule has 3 aliphatic heterocycles. The number of aliphatic hydroxyl groups is 2. The first-order chi connectivity index (χ1) is 19.2. The number of anilines is 2. The van der Waals surface area contributed by atoms with Gasteiger partial charge in [-0.2, -0.15) is 0 Å². The van der Waals surface area contributed by atoms with Gasteiger partial charge >= 0.3 is 0 Å². The highest BCUT2D eigenvalue weighted by molar-refractivity contribution is 6.31. The minimum Gasteiger partial charge on any atom is -0.394 e. The van der Waals surface area contributed by atoms with Gasteiger partial charge in [0.1, 0.15) is 0 Å². The zero-order valence-corrected chi connectivity index (χ0v) is 23.3. The van der Waals surface area contributed by atoms with Gasteiger partial charge in [0.15, 0.2) is 5.60 Å². The Bertz CT molecular complexity index is 1330. The van der Waals surface area contributed by atoms with Crippen molar-refractivity contribution in [1.29, 1.82) is 0 Å². The van der Waals surface area contributed by atoms with Crippen LogP contribution in [0.15, 0.2) is 54.6 Å². The zero-order valence-electron chi connectivity index (χ0n) is 22.6. The van der Waals surface area contributed by atoms with Crippen molar-refractivity contribution in [1.82, 2.24) is 10.2 Å². The van der Waals surface area contributed by atoms with Gasteiger partial charge in [0, 0.05) is 48.2 Å². The number of nitrogens with one attached hydrogen (secondary N) is 1. The van der Waals surface area contributed by atoms with Crippen LogP contribution in [0.2, 0.25) is 5.02 Å². The molecule has 2 saturated heterocycles. The predicted octanol–water partition coefficient (Wildman–Crippen LogP) is 2.58. The molecule has 0 aliphatic carbocycles. The van der Waals surface area contributed by atoms with Gasteiger partial charge in [-0.15, -0.1) is 0 Å². The van der Waals surface area contributed by atoms with E-state index in [4.69, 9.17) is 11.6 Å². The molecule has 212 valence electrons. The van der Waals surface area contributed by atoms with E-state index in [0.717, 1.165) is 24.1 Å². The Morgan fingerprint density at radius 3 is 2.83 bits per heavy atom. The van der Waals surface area contributed by atoms with Crippen LogP contribution in [-0.4, -0.2) is 71.7 Å². The molecule has 40 heavy (non-hydrogen) atoms. The first kappa shape index (κ1) is 28.3. The van der Waals surface area contributed by atoms with Gasteiger partial charge in [-0.05, 0) is 48.7 Å². The van der Waals surface area contributed by atoms with E-state index in [9.17, 15) is 24.6 Å². The lowest BCUT2D eigenvalue weighted by atomic mass is 9.83. The maximum absolute atomic E-state index is 13.9. The first-order valence-corrected chi connectivity index (χ1v) is 14.1. The van der Waals surface area contributed by atoms with Crippen LogP contribution in [0.4, 0.5) is 11.4 Å². The number of piperazine rings is 1. The van der Waals surface area contributed by atoms with Crippen LogP contribution < -0.4 is 15.1 Å². The number of nitrogens with zero attached hydrogens (tertiary/aromatic N) is 3. The summed E-state index contributed by atoms with van der Waals surface area (Å²) < 4.78 is 0. The van der Waals surface area contributed by atoms with Gasteiger partial charge in [0.2, 0.25) is 11.8 Å². The molecule has 0 unspecified atom stereocenters. The van der Waals surface area contributed by atoms with Crippen LogP contribution in [-0.2, 0) is 26.5 Å². The molecule has 2 fully saturated rings. The molecule has 0 radical (unpaired) electrons. The molecule has 2 aromatic carbocycles. The van der Waals surface area contributed by atoms with Crippen molar-refractivity contribution in [2.75, 3.05) is 42.6 Å². The first-order valence-electron chi connectivity index (χ1n) is 13.8. The molecule has 0 bridgehead atoms. The van der Waals surface area contributed by atoms with E-state index in [1.54, 1.807) is 52.0 Å². The molecule has 10 heteroatoms. The molecule has 3 N–H and O–H groups in total. The number of hydrogen-bond acceptors (Lipinski definition) is 6. The third-order valence-corrected chi connectivity index (χ3v) is 8.40. The number of hydrogen-bond donors (Lipinski definition) is 3. The van der Waals surface area contributed by atoms with E-state index in [1.807, 2.05) is 24.3 Å². The van der Waals surface area contributed by atoms with E-state index in [2.05, 4.69) is 5.32 Å². The number of carbonyl (C=O) groups excluding carboxylic acids is 3. The maximum atomic E-state index is 13.9. The van der Waals surface area contributed by atoms with Crippen molar-refractivity contribution in [3.05, 3.63) is 70.8 Å². The smallest absolute Gasteiger partial charge is 0.264 e. The second kappa shape index (κ2) is 11.7. The average molecular weight is 567 g/mol. The van der Waals surface area contributed by atoms with Crippen molar-refractivity contribution in [2.24, 2.45) is 5.92 Å². The summed E-state index contributed by atoms with van der Waals surface area (Å²) in [5.41, 5.74) is 0.707. The summed E-state index contributed by atoms with van der Waals surface area (Å²) in [6.45, 7) is 4.08. The molecule has 5 rings (SSSR count). The summed E-state index contributed by atoms with van der Waals surface area (Å²) in [5, 5.41) is 24.9. The quantitative estimate of drug-likeness (QED) is 0.423. The Morgan fingerprint density at radius 1 is 1.23 bits per heavy atom. The molecule has 0 spiro atoms. The lowest BCUT2D eigenvalue weighted by molar-refractivity contribution is -0.139. The Balaban J connectivity index is 1.36. The van der Waals surface area contributed by atoms with E-state index >= 15 is 0 Å². The van der Waals surface area contributed by atoms with Gasteiger partial charge < -0.3 is 30.2 Å². The summed E-state index contributed by atoms with van der Waals surface area (Å²) in [6, 6.07) is 12.4. The summed E-state index contributed by atoms with van der Waals surface area (Å²) in [6.07, 6.45) is 5.16. The number of rotatable bonds is 8. The summed E-state index contributed by atoms with van der Waals surface area (Å²) in [4.78, 5) is 44.0. The second-order valence-electron chi connectivity index (χ2n) is 10.7. The van der Waals surface area contributed by atoms with E-state index in [0.29, 0.717) is 35.9 Å². The third-order valence-electron chi connectivity index (χ3n) is 8.17. The normalized spacial score (nSPS) is 23.8. The summed E-state index contributed by atoms with van der Waals surface area (Å²) in [5.74, 6) is -1.22. The SMILES string of the molecule is C[C@H](/C=C/CC(=O)N1CCC[C@H]1CO)[C@@]1(O)C(=O)N(Cc2cccc(N3CCNCC3=O)c2)c2ccc(Cl)cc21. The minimum absolute atomic E-state index is 0.00859. The van der Waals surface area contributed by atoms with Crippen LogP contribution in [0.5, 0.6) is 0 Å². The number of aliphatic hydroxyl groups excluding tert-OH is 1. The molecule has 3 aliphatic rings. The Labute approximate surface area is 239 Å². The fraction of sp³-hybridized carbons (Fsp3) is 0.433. The van der Waals surface area contributed by atoms with Crippen LogP contribution >= 0.6 is 11.6 Å². The fourth-order valence-corrected chi connectivity index (χ4v) is 6.12. The summed E-state index contributed by atoms with van der Waals surface area (Å²) >= 11 is 6.31. The van der Waals surface area contributed by atoms with E-state index < -0.39 is 17.4 Å². The highest BCUT2D eigenvalue weighted by Crippen LogP contribution is 2.46. The molecule has 3 atom stereocenters. The van der Waals surface area contributed by atoms with Crippen LogP contribution in [0, 0.1) is 5.92 Å². The van der Waals surface area contributed by atoms with Crippen LogP contribution in [0.25, 0.3) is 0 Å². The number of benzene rings is 2. The standard InChI is InChI=1S/C30H35ClN4O5/c1-20(5-2-9-27(37)33-13-4-8-24(33)19-36)30(40)25-16-22(31)10-11-26(25)35(29(30)39)18-21-6-3-7-23(15-21)34-14-12-32-17-28(34)38/h2-3,5-7,10-11,15-16,20,24,32,36,40H,4,8-9,12-14,17-19H2,1H3/b5-2+/t20-,24+,30+/m1/s1. The second-order valence-corrected chi connectivity index (χ2v) is 11.1. The van der Waals surface area contributed by atoms with E-state index in [-0.39, 0.29) is 44.0 Å². The van der Waals surface area contributed by atoms with Crippen molar-refractivity contribution < 1.29 is 24.6 Å². The van der Waals surface area contributed by atoms with Crippen molar-refractivity contribution in [3.8, 4) is 0 Å². The number of fused-ring (bicyclic) bond motifs is 1. The Morgan fingerprint density at radius 2 is 2.05 bits per heavy atom. The summed E-state index contributed by atoms with van der Waals surface area (Å²) in [7, 11) is 0. The van der Waals surface area contributed by atoms with Gasteiger partial charge in [0.05, 0.1) is 31.4 Å². The van der Waals surface area contributed by atoms with Gasteiger partial charge in [-0.3, -0.25) is 14.4 Å². The largest absolute Gasteiger partial charge is 0.394 e. The highest BCUT2D eigenvalue weighted by Gasteiger charge is 2.52. The molecule has 3 amide bonds. The Kier molecular flexibility index (Phi) is 8.28. The molecular weight excluding hydrogens is 532 g/mol. The van der Waals surface area contributed by atoms with E-state index in [1.165, 1.54) is 0 Å². The molecule has 0 aromatic heterocycles. The van der Waals surface area contributed by atoms with Gasteiger partial charge in [-0.1, -0.05) is 42.8 Å². The molecule has 0 saturated carbocycles. The molecular formula is C30H35ClN4O5. The van der Waals surface area contributed by atoms with Crippen molar-refractivity contribution in [2.45, 2.75) is 44.4 Å². The fourth-order valence-electron chi connectivity index (χ4n) is 5.94. The van der Waals surface area contributed by atoms with Crippen molar-refractivity contribution >= 4 is 40.7 Å². The van der Waals surface area contributed by atoms with Gasteiger partial charge in [-0.25, -0.2) is 0 Å². The third kappa shape index (κ3) is 5.26. The minimum atomic E-state index is -1.87. The highest BCUT2D eigenvalue weighted by atomic mass is 35.5. The maximum Gasteiger partial charge on any atom is 0.264 e. The average Bonchev–Trinajstić information content (AvgIpc) is 3.51. The lowest BCUT2D eigenvalue weighted by Gasteiger charge is -2.29. The lowest BCUT2D eigenvalue weighted by Crippen LogP contribution is -2.48. The van der Waals surface area contributed by atoms with Crippen LogP contribution in [0.3, 0.4) is 0 Å². The number of carbonyl (C=O) groups is 3. The molecule has 2 aromatic rings. The predicted molar refractivity (Wildman–Crippen MR) is 153 cm³/mol. The van der Waals surface area contributed by atoms with Crippen molar-refractivity contribution in [3.63, 3.8) is 0 Å². The van der Waals surface area contributed by atoms with Crippen LogP contribution in [0.1, 0.15) is 37.3 Å². The topological polar surface area (TPSA) is 113 Å². The monoisotopic (exact) mass is 566 g/mol. The van der Waals surface area contributed by atoms with Gasteiger partial charge in [0.25, 0.3) is 5.91 Å². The molecule has 3 heterocycles. The number of amides is 3. The molecule has 9 nitrogen and oxygen atoms in total. The zero-order chi connectivity index (χ0) is 28.4.